The monoisotopic (exact) mass is 361 g/mol. The van der Waals surface area contributed by atoms with Gasteiger partial charge in [0.05, 0.1) is 11.1 Å². The summed E-state index contributed by atoms with van der Waals surface area (Å²) in [5.41, 5.74) is 2.26. The van der Waals surface area contributed by atoms with Gasteiger partial charge in [-0.15, -0.1) is 11.3 Å². The molecule has 0 unspecified atom stereocenters. The van der Waals surface area contributed by atoms with Gasteiger partial charge in [0.25, 0.3) is 5.91 Å². The van der Waals surface area contributed by atoms with Gasteiger partial charge in [0.2, 0.25) is 0 Å². The predicted molar refractivity (Wildman–Crippen MR) is 89.0 cm³/mol. The third-order valence-corrected chi connectivity index (χ3v) is 4.48. The van der Waals surface area contributed by atoms with Crippen molar-refractivity contribution in [3.8, 4) is 0 Å². The molecule has 3 aromatic rings. The number of fused-ring (bicyclic) bond motifs is 1. The quantitative estimate of drug-likeness (QED) is 0.691. The number of aromatic nitrogens is 2. The van der Waals surface area contributed by atoms with Gasteiger partial charge in [-0.05, 0) is 25.1 Å². The number of pyridine rings is 1. The van der Waals surface area contributed by atoms with E-state index < -0.39 is 0 Å². The Hall–Kier alpha value is -1.79. The fourth-order valence-electron chi connectivity index (χ4n) is 2.16. The molecule has 0 aliphatic heterocycles. The van der Waals surface area contributed by atoms with Crippen LogP contribution in [0.2, 0.25) is 0 Å². The Morgan fingerprint density at radius 3 is 2.86 bits per heavy atom. The molecule has 0 aliphatic rings. The zero-order valence-electron chi connectivity index (χ0n) is 11.5. The van der Waals surface area contributed by atoms with Gasteiger partial charge in [0.1, 0.15) is 0 Å². The Bertz CT molecular complexity index is 812. The zero-order chi connectivity index (χ0) is 15.0. The largest absolute Gasteiger partial charge is 0.287 e. The summed E-state index contributed by atoms with van der Waals surface area (Å²) in [6.45, 7) is 1.89. The van der Waals surface area contributed by atoms with Crippen LogP contribution in [0.1, 0.15) is 16.1 Å². The highest BCUT2D eigenvalue weighted by Crippen LogP contribution is 2.25. The van der Waals surface area contributed by atoms with Crippen molar-refractivity contribution in [2.45, 2.75) is 6.92 Å². The van der Waals surface area contributed by atoms with Crippen LogP contribution in [0.15, 0.2) is 40.3 Å². The first-order chi connectivity index (χ1) is 10.1. The molecule has 0 aliphatic carbocycles. The summed E-state index contributed by atoms with van der Waals surface area (Å²) in [6, 6.07) is 7.57. The average Bonchev–Trinajstić information content (AvgIpc) is 2.98. The Kier molecular flexibility index (Phi) is 3.73. The van der Waals surface area contributed by atoms with Crippen molar-refractivity contribution in [1.29, 1.82) is 0 Å². The maximum absolute atomic E-state index is 12.7. The third-order valence-electron chi connectivity index (χ3n) is 3.14. The van der Waals surface area contributed by atoms with Gasteiger partial charge < -0.3 is 0 Å². The van der Waals surface area contributed by atoms with Crippen molar-refractivity contribution in [2.24, 2.45) is 0 Å². The molecule has 21 heavy (non-hydrogen) atoms. The number of aryl methyl sites for hydroxylation is 1. The van der Waals surface area contributed by atoms with Crippen LogP contribution in [0.25, 0.3) is 10.9 Å². The normalized spacial score (nSPS) is 10.8. The standard InChI is InChI=1S/C15H12BrN3OS/c1-9-7-12(11-4-3-10(16)8-13(11)18-9)14(20)19(2)15-17-5-6-21-15/h3-8H,1-2H3. The number of thiazole rings is 1. The molecule has 4 nitrogen and oxygen atoms in total. The smallest absolute Gasteiger partial charge is 0.260 e. The molecule has 2 aromatic heterocycles. The lowest BCUT2D eigenvalue weighted by atomic mass is 10.1. The molecule has 0 N–H and O–H groups in total. The molecule has 0 saturated heterocycles. The summed E-state index contributed by atoms with van der Waals surface area (Å²) in [6.07, 6.45) is 1.69. The average molecular weight is 362 g/mol. The molecule has 2 heterocycles. The first-order valence-electron chi connectivity index (χ1n) is 6.31. The van der Waals surface area contributed by atoms with Crippen LogP contribution in [0.3, 0.4) is 0 Å². The number of hydrogen-bond donors (Lipinski definition) is 0. The van der Waals surface area contributed by atoms with Crippen LogP contribution in [-0.2, 0) is 0 Å². The fraction of sp³-hybridized carbons (Fsp3) is 0.133. The van der Waals surface area contributed by atoms with E-state index in [9.17, 15) is 4.79 Å². The van der Waals surface area contributed by atoms with Gasteiger partial charge in [-0.25, -0.2) is 4.98 Å². The molecule has 3 rings (SSSR count). The Labute approximate surface area is 134 Å². The van der Waals surface area contributed by atoms with E-state index in [1.165, 1.54) is 11.3 Å². The topological polar surface area (TPSA) is 46.1 Å². The summed E-state index contributed by atoms with van der Waals surface area (Å²) in [4.78, 5) is 23.0. The molecule has 0 atom stereocenters. The summed E-state index contributed by atoms with van der Waals surface area (Å²) < 4.78 is 0.944. The molecule has 106 valence electrons. The highest BCUT2D eigenvalue weighted by molar-refractivity contribution is 9.10. The molecule has 1 aromatic carbocycles. The molecular weight excluding hydrogens is 350 g/mol. The molecule has 0 bridgehead atoms. The first-order valence-corrected chi connectivity index (χ1v) is 7.98. The van der Waals surface area contributed by atoms with Crippen molar-refractivity contribution in [3.05, 3.63) is 51.6 Å². The first kappa shape index (κ1) is 14.2. The van der Waals surface area contributed by atoms with E-state index in [2.05, 4.69) is 25.9 Å². The van der Waals surface area contributed by atoms with Crippen molar-refractivity contribution in [1.82, 2.24) is 9.97 Å². The van der Waals surface area contributed by atoms with Gasteiger partial charge in [-0.1, -0.05) is 22.0 Å². The van der Waals surface area contributed by atoms with Crippen molar-refractivity contribution >= 4 is 49.2 Å². The van der Waals surface area contributed by atoms with E-state index in [0.717, 1.165) is 21.1 Å². The Morgan fingerprint density at radius 1 is 1.33 bits per heavy atom. The highest BCUT2D eigenvalue weighted by atomic mass is 79.9. The van der Waals surface area contributed by atoms with Gasteiger partial charge in [0.15, 0.2) is 5.13 Å². The van der Waals surface area contributed by atoms with Crippen LogP contribution in [0.4, 0.5) is 5.13 Å². The summed E-state index contributed by atoms with van der Waals surface area (Å²) >= 11 is 4.87. The van der Waals surface area contributed by atoms with Crippen molar-refractivity contribution < 1.29 is 4.79 Å². The molecule has 0 fully saturated rings. The lowest BCUT2D eigenvalue weighted by molar-refractivity contribution is 0.0994. The second-order valence-electron chi connectivity index (χ2n) is 4.65. The van der Waals surface area contributed by atoms with E-state index in [4.69, 9.17) is 0 Å². The second kappa shape index (κ2) is 5.54. The van der Waals surface area contributed by atoms with E-state index >= 15 is 0 Å². The maximum Gasteiger partial charge on any atom is 0.260 e. The van der Waals surface area contributed by atoms with Crippen LogP contribution in [0.5, 0.6) is 0 Å². The van der Waals surface area contributed by atoms with Crippen molar-refractivity contribution in [2.75, 3.05) is 11.9 Å². The van der Waals surface area contributed by atoms with Gasteiger partial charge >= 0.3 is 0 Å². The Balaban J connectivity index is 2.13. The van der Waals surface area contributed by atoms with Gasteiger partial charge in [-0.3, -0.25) is 14.7 Å². The van der Waals surface area contributed by atoms with Gasteiger partial charge in [-0.2, -0.15) is 0 Å². The van der Waals surface area contributed by atoms with Crippen LogP contribution in [0, 0.1) is 6.92 Å². The van der Waals surface area contributed by atoms with E-state index in [1.54, 1.807) is 18.1 Å². The van der Waals surface area contributed by atoms with Crippen LogP contribution < -0.4 is 4.90 Å². The van der Waals surface area contributed by atoms with E-state index in [1.807, 2.05) is 36.6 Å². The number of halogens is 1. The lowest BCUT2D eigenvalue weighted by Crippen LogP contribution is -2.26. The predicted octanol–water partition coefficient (Wildman–Crippen LogP) is 4.04. The summed E-state index contributed by atoms with van der Waals surface area (Å²) in [5.74, 6) is -0.0808. The number of rotatable bonds is 2. The second-order valence-corrected chi connectivity index (χ2v) is 6.44. The molecule has 6 heteroatoms. The SMILES string of the molecule is Cc1cc(C(=O)N(C)c2nccs2)c2ccc(Br)cc2n1. The minimum atomic E-state index is -0.0808. The van der Waals surface area contributed by atoms with Gasteiger partial charge in [0, 0.05) is 34.2 Å². The highest BCUT2D eigenvalue weighted by Gasteiger charge is 2.18. The Morgan fingerprint density at radius 2 is 2.14 bits per heavy atom. The molecule has 0 saturated carbocycles. The maximum atomic E-state index is 12.7. The summed E-state index contributed by atoms with van der Waals surface area (Å²) in [5, 5.41) is 3.38. The zero-order valence-corrected chi connectivity index (χ0v) is 13.9. The summed E-state index contributed by atoms with van der Waals surface area (Å²) in [7, 11) is 1.74. The van der Waals surface area contributed by atoms with E-state index in [0.29, 0.717) is 10.7 Å². The number of anilines is 1. The molecule has 0 radical (unpaired) electrons. The minimum absolute atomic E-state index is 0.0808. The number of amides is 1. The van der Waals surface area contributed by atoms with Crippen molar-refractivity contribution in [3.63, 3.8) is 0 Å². The van der Waals surface area contributed by atoms with Crippen LogP contribution >= 0.6 is 27.3 Å². The fourth-order valence-corrected chi connectivity index (χ4v) is 3.12. The molecular formula is C15H12BrN3OS. The number of nitrogens with zero attached hydrogens (tertiary/aromatic N) is 3. The lowest BCUT2D eigenvalue weighted by Gasteiger charge is -2.15. The number of carbonyl (C=O) groups is 1. The number of carbonyl (C=O) groups excluding carboxylic acids is 1. The third kappa shape index (κ3) is 2.69. The molecule has 0 spiro atoms. The van der Waals surface area contributed by atoms with Crippen LogP contribution in [-0.4, -0.2) is 22.9 Å². The minimum Gasteiger partial charge on any atom is -0.287 e. The number of benzene rings is 1. The number of hydrogen-bond acceptors (Lipinski definition) is 4. The van der Waals surface area contributed by atoms with E-state index in [-0.39, 0.29) is 5.91 Å². The molecule has 1 amide bonds.